The van der Waals surface area contributed by atoms with Crippen LogP contribution < -0.4 is 10.5 Å². The average Bonchev–Trinajstić information content (AvgIpc) is 2.83. The summed E-state index contributed by atoms with van der Waals surface area (Å²) in [5.41, 5.74) is 6.46. The molecule has 102 valence electrons. The summed E-state index contributed by atoms with van der Waals surface area (Å²) in [6.07, 6.45) is 5.60. The third-order valence-electron chi connectivity index (χ3n) is 3.06. The molecule has 0 aliphatic rings. The number of nitrogen functional groups attached to an aromatic ring is 1. The van der Waals surface area contributed by atoms with Crippen molar-refractivity contribution in [1.82, 2.24) is 9.55 Å². The van der Waals surface area contributed by atoms with Gasteiger partial charge in [0.2, 0.25) is 0 Å². The first-order valence-corrected chi connectivity index (χ1v) is 6.43. The number of ether oxygens (including phenoxy) is 1. The Bertz CT molecular complexity index is 497. The summed E-state index contributed by atoms with van der Waals surface area (Å²) in [5.74, 6) is 0.842. The molecule has 0 aliphatic carbocycles. The molecule has 1 atom stereocenters. The monoisotopic (exact) mass is 259 g/mol. The summed E-state index contributed by atoms with van der Waals surface area (Å²) in [7, 11) is 0. The molecule has 1 aromatic heterocycles. The summed E-state index contributed by atoms with van der Waals surface area (Å²) in [5, 5.41) is 0. The van der Waals surface area contributed by atoms with Gasteiger partial charge in [0, 0.05) is 23.5 Å². The highest BCUT2D eigenvalue weighted by Crippen LogP contribution is 2.26. The Morgan fingerprint density at radius 2 is 1.95 bits per heavy atom. The number of anilines is 1. The van der Waals surface area contributed by atoms with Gasteiger partial charge in [-0.25, -0.2) is 4.98 Å². The molecule has 1 aromatic carbocycles. The third kappa shape index (κ3) is 3.74. The van der Waals surface area contributed by atoms with Gasteiger partial charge < -0.3 is 15.0 Å². The molecule has 0 radical (unpaired) electrons. The zero-order valence-corrected chi connectivity index (χ0v) is 11.7. The molecule has 2 rings (SSSR count). The Kier molecular flexibility index (Phi) is 3.79. The van der Waals surface area contributed by atoms with E-state index in [0.717, 1.165) is 18.0 Å². The molecule has 2 N–H and O–H groups in total. The van der Waals surface area contributed by atoms with Crippen LogP contribution in [0.4, 0.5) is 5.69 Å². The van der Waals surface area contributed by atoms with Crippen LogP contribution in [0.1, 0.15) is 20.8 Å². The van der Waals surface area contributed by atoms with E-state index in [4.69, 9.17) is 10.5 Å². The van der Waals surface area contributed by atoms with Crippen LogP contribution >= 0.6 is 0 Å². The molecule has 1 heterocycles. The van der Waals surface area contributed by atoms with Gasteiger partial charge in [-0.05, 0) is 24.3 Å². The number of imidazole rings is 1. The number of nitrogens with zero attached hydrogens (tertiary/aromatic N) is 2. The zero-order valence-electron chi connectivity index (χ0n) is 11.7. The van der Waals surface area contributed by atoms with Gasteiger partial charge in [-0.2, -0.15) is 0 Å². The van der Waals surface area contributed by atoms with E-state index in [0.29, 0.717) is 0 Å². The molecule has 4 heteroatoms. The maximum Gasteiger partial charge on any atom is 0.121 e. The lowest BCUT2D eigenvalue weighted by Gasteiger charge is -2.31. The fraction of sp³-hybridized carbons (Fsp3) is 0.400. The largest absolute Gasteiger partial charge is 0.488 e. The van der Waals surface area contributed by atoms with E-state index in [-0.39, 0.29) is 11.5 Å². The minimum atomic E-state index is 0.0334. The molecular weight excluding hydrogens is 238 g/mol. The topological polar surface area (TPSA) is 53.1 Å². The lowest BCUT2D eigenvalue weighted by molar-refractivity contribution is 0.0710. The second kappa shape index (κ2) is 5.34. The SMILES string of the molecule is CC(C)(C)C(Cn1ccnc1)Oc1ccc(N)cc1. The lowest BCUT2D eigenvalue weighted by Crippen LogP contribution is -2.35. The van der Waals surface area contributed by atoms with Crippen LogP contribution in [-0.4, -0.2) is 15.7 Å². The third-order valence-corrected chi connectivity index (χ3v) is 3.06. The van der Waals surface area contributed by atoms with Crippen molar-refractivity contribution in [3.8, 4) is 5.75 Å². The van der Waals surface area contributed by atoms with E-state index >= 15 is 0 Å². The molecule has 0 saturated carbocycles. The van der Waals surface area contributed by atoms with Crippen molar-refractivity contribution in [3.05, 3.63) is 43.0 Å². The summed E-state index contributed by atoms with van der Waals surface area (Å²) in [6.45, 7) is 7.29. The van der Waals surface area contributed by atoms with Crippen molar-refractivity contribution in [2.24, 2.45) is 5.41 Å². The molecule has 0 spiro atoms. The summed E-state index contributed by atoms with van der Waals surface area (Å²) < 4.78 is 8.14. The summed E-state index contributed by atoms with van der Waals surface area (Å²) in [6, 6.07) is 7.52. The quantitative estimate of drug-likeness (QED) is 0.859. The van der Waals surface area contributed by atoms with E-state index in [9.17, 15) is 0 Å². The van der Waals surface area contributed by atoms with Gasteiger partial charge in [0.05, 0.1) is 12.9 Å². The highest BCUT2D eigenvalue weighted by Gasteiger charge is 2.27. The molecule has 19 heavy (non-hydrogen) atoms. The minimum Gasteiger partial charge on any atom is -0.488 e. The predicted molar refractivity (Wildman–Crippen MR) is 77.0 cm³/mol. The fourth-order valence-electron chi connectivity index (χ4n) is 1.78. The second-order valence-corrected chi connectivity index (χ2v) is 5.80. The molecule has 0 saturated heterocycles. The van der Waals surface area contributed by atoms with Crippen LogP contribution in [0, 0.1) is 5.41 Å². The predicted octanol–water partition coefficient (Wildman–Crippen LogP) is 2.96. The summed E-state index contributed by atoms with van der Waals surface area (Å²) in [4.78, 5) is 4.07. The fourth-order valence-corrected chi connectivity index (χ4v) is 1.78. The standard InChI is InChI=1S/C15H21N3O/c1-15(2,3)14(10-18-9-8-17-11-18)19-13-6-4-12(16)5-7-13/h4-9,11,14H,10,16H2,1-3H3. The lowest BCUT2D eigenvalue weighted by atomic mass is 9.89. The van der Waals surface area contributed by atoms with Gasteiger partial charge in [0.1, 0.15) is 11.9 Å². The van der Waals surface area contributed by atoms with Crippen LogP contribution in [0.2, 0.25) is 0 Å². The molecule has 0 bridgehead atoms. The average molecular weight is 259 g/mol. The minimum absolute atomic E-state index is 0.0334. The maximum atomic E-state index is 6.10. The van der Waals surface area contributed by atoms with Gasteiger partial charge in [-0.3, -0.25) is 0 Å². The Labute approximate surface area is 114 Å². The van der Waals surface area contributed by atoms with Crippen molar-refractivity contribution < 1.29 is 4.74 Å². The number of rotatable bonds is 4. The highest BCUT2D eigenvalue weighted by atomic mass is 16.5. The zero-order chi connectivity index (χ0) is 13.9. The van der Waals surface area contributed by atoms with Gasteiger partial charge in [0.25, 0.3) is 0 Å². The first-order valence-electron chi connectivity index (χ1n) is 6.43. The Balaban J connectivity index is 2.12. The van der Waals surface area contributed by atoms with Crippen molar-refractivity contribution >= 4 is 5.69 Å². The van der Waals surface area contributed by atoms with Crippen molar-refractivity contribution in [1.29, 1.82) is 0 Å². The molecule has 4 nitrogen and oxygen atoms in total. The molecule has 2 aromatic rings. The molecule has 0 aliphatic heterocycles. The molecule has 1 unspecified atom stereocenters. The van der Waals surface area contributed by atoms with Gasteiger partial charge >= 0.3 is 0 Å². The van der Waals surface area contributed by atoms with E-state index < -0.39 is 0 Å². The first-order chi connectivity index (χ1) is 8.95. The Morgan fingerprint density at radius 3 is 2.47 bits per heavy atom. The van der Waals surface area contributed by atoms with E-state index in [1.807, 2.05) is 41.4 Å². The van der Waals surface area contributed by atoms with E-state index in [1.165, 1.54) is 0 Å². The smallest absolute Gasteiger partial charge is 0.121 e. The maximum absolute atomic E-state index is 6.10. The summed E-state index contributed by atoms with van der Waals surface area (Å²) >= 11 is 0. The van der Waals surface area contributed by atoms with E-state index in [2.05, 4.69) is 25.8 Å². The van der Waals surface area contributed by atoms with Crippen LogP contribution in [0.15, 0.2) is 43.0 Å². The first kappa shape index (κ1) is 13.5. The van der Waals surface area contributed by atoms with Crippen LogP contribution in [-0.2, 0) is 6.54 Å². The number of nitrogens with two attached hydrogens (primary N) is 1. The van der Waals surface area contributed by atoms with Gasteiger partial charge in [0.15, 0.2) is 0 Å². The normalized spacial score (nSPS) is 13.2. The number of aromatic nitrogens is 2. The molecular formula is C15H21N3O. The van der Waals surface area contributed by atoms with Gasteiger partial charge in [-0.1, -0.05) is 20.8 Å². The Hall–Kier alpha value is -1.97. The Morgan fingerprint density at radius 1 is 1.26 bits per heavy atom. The van der Waals surface area contributed by atoms with E-state index in [1.54, 1.807) is 6.20 Å². The van der Waals surface area contributed by atoms with Crippen molar-refractivity contribution in [2.75, 3.05) is 5.73 Å². The van der Waals surface area contributed by atoms with Crippen LogP contribution in [0.3, 0.4) is 0 Å². The number of hydrogen-bond acceptors (Lipinski definition) is 3. The second-order valence-electron chi connectivity index (χ2n) is 5.80. The molecule has 0 amide bonds. The van der Waals surface area contributed by atoms with Crippen molar-refractivity contribution in [3.63, 3.8) is 0 Å². The number of benzene rings is 1. The van der Waals surface area contributed by atoms with Crippen molar-refractivity contribution in [2.45, 2.75) is 33.4 Å². The van der Waals surface area contributed by atoms with Crippen LogP contribution in [0.25, 0.3) is 0 Å². The number of hydrogen-bond donors (Lipinski definition) is 1. The molecule has 0 fully saturated rings. The highest BCUT2D eigenvalue weighted by molar-refractivity contribution is 5.41. The van der Waals surface area contributed by atoms with Gasteiger partial charge in [-0.15, -0.1) is 0 Å². The van der Waals surface area contributed by atoms with Crippen LogP contribution in [0.5, 0.6) is 5.75 Å².